The van der Waals surface area contributed by atoms with Gasteiger partial charge < -0.3 is 20.9 Å². The van der Waals surface area contributed by atoms with Crippen molar-refractivity contribution >= 4 is 0 Å². The van der Waals surface area contributed by atoms with E-state index in [1.165, 1.54) is 0 Å². The van der Waals surface area contributed by atoms with E-state index in [0.29, 0.717) is 6.54 Å². The van der Waals surface area contributed by atoms with E-state index in [1.54, 1.807) is 14.0 Å². The maximum atomic E-state index is 9.29. The number of aliphatic hydroxyl groups is 1. The van der Waals surface area contributed by atoms with Gasteiger partial charge in [0.1, 0.15) is 0 Å². The van der Waals surface area contributed by atoms with Gasteiger partial charge in [-0.2, -0.15) is 0 Å². The van der Waals surface area contributed by atoms with Crippen LogP contribution in [0.3, 0.4) is 0 Å². The minimum Gasteiger partial charge on any atom is -0.393 e. The van der Waals surface area contributed by atoms with Crippen molar-refractivity contribution in [2.24, 2.45) is 5.73 Å². The molecule has 0 aliphatic rings. The largest absolute Gasteiger partial charge is 0.393 e. The lowest BCUT2D eigenvalue weighted by atomic mass is 9.97. The van der Waals surface area contributed by atoms with Gasteiger partial charge in [0.2, 0.25) is 0 Å². The van der Waals surface area contributed by atoms with Crippen LogP contribution in [0, 0.1) is 0 Å². The summed E-state index contributed by atoms with van der Waals surface area (Å²) in [5.74, 6) is 0. The molecule has 0 aliphatic carbocycles. The third kappa shape index (κ3) is 7.17. The highest BCUT2D eigenvalue weighted by molar-refractivity contribution is 4.81. The molecule has 0 saturated carbocycles. The van der Waals surface area contributed by atoms with Crippen molar-refractivity contribution in [3.8, 4) is 0 Å². The standard InChI is InChI=1S/C12H28N2O2/c1-9(6-10(2)15)14-11(8-13)7-12(3,4)16-5/h9-11,14-15H,6-8,13H2,1-5H3. The number of ether oxygens (including phenoxy) is 1. The lowest BCUT2D eigenvalue weighted by Gasteiger charge is -2.30. The zero-order chi connectivity index (χ0) is 12.8. The average Bonchev–Trinajstić information content (AvgIpc) is 2.15. The number of aliphatic hydroxyl groups excluding tert-OH is 1. The molecule has 0 aromatic rings. The van der Waals surface area contributed by atoms with E-state index in [1.807, 2.05) is 0 Å². The van der Waals surface area contributed by atoms with Crippen LogP contribution in [-0.4, -0.2) is 42.5 Å². The summed E-state index contributed by atoms with van der Waals surface area (Å²) < 4.78 is 5.39. The summed E-state index contributed by atoms with van der Waals surface area (Å²) in [6.07, 6.45) is 1.32. The lowest BCUT2D eigenvalue weighted by molar-refractivity contribution is 0.00656. The first kappa shape index (κ1) is 15.8. The van der Waals surface area contributed by atoms with Crippen molar-refractivity contribution in [1.82, 2.24) is 5.32 Å². The smallest absolute Gasteiger partial charge is 0.0638 e. The summed E-state index contributed by atoms with van der Waals surface area (Å²) in [6, 6.07) is 0.491. The highest BCUT2D eigenvalue weighted by Crippen LogP contribution is 2.15. The fourth-order valence-corrected chi connectivity index (χ4v) is 1.87. The molecule has 0 rings (SSSR count). The Kier molecular flexibility index (Phi) is 7.15. The number of rotatable bonds is 8. The second-order valence-corrected chi connectivity index (χ2v) is 5.25. The number of hydrogen-bond donors (Lipinski definition) is 3. The van der Waals surface area contributed by atoms with E-state index >= 15 is 0 Å². The van der Waals surface area contributed by atoms with Gasteiger partial charge in [0.25, 0.3) is 0 Å². The Morgan fingerprint density at radius 1 is 1.38 bits per heavy atom. The number of hydrogen-bond acceptors (Lipinski definition) is 4. The molecule has 0 aromatic carbocycles. The van der Waals surface area contributed by atoms with Crippen LogP contribution in [0.15, 0.2) is 0 Å². The van der Waals surface area contributed by atoms with Crippen molar-refractivity contribution in [3.05, 3.63) is 0 Å². The molecule has 0 spiro atoms. The number of nitrogens with two attached hydrogens (primary N) is 1. The van der Waals surface area contributed by atoms with Gasteiger partial charge in [0, 0.05) is 25.7 Å². The van der Waals surface area contributed by atoms with Gasteiger partial charge in [-0.15, -0.1) is 0 Å². The molecule has 0 amide bonds. The van der Waals surface area contributed by atoms with Gasteiger partial charge >= 0.3 is 0 Å². The Morgan fingerprint density at radius 3 is 2.31 bits per heavy atom. The summed E-state index contributed by atoms with van der Waals surface area (Å²) in [4.78, 5) is 0. The Bertz CT molecular complexity index is 184. The van der Waals surface area contributed by atoms with Gasteiger partial charge in [-0.25, -0.2) is 0 Å². The van der Waals surface area contributed by atoms with Crippen molar-refractivity contribution in [2.75, 3.05) is 13.7 Å². The van der Waals surface area contributed by atoms with E-state index in [0.717, 1.165) is 12.8 Å². The summed E-state index contributed by atoms with van der Waals surface area (Å²) in [5.41, 5.74) is 5.57. The molecule has 0 saturated heterocycles. The molecule has 0 aromatic heterocycles. The Morgan fingerprint density at radius 2 is 1.94 bits per heavy atom. The summed E-state index contributed by atoms with van der Waals surface area (Å²) in [5, 5.41) is 12.7. The average molecular weight is 232 g/mol. The lowest BCUT2D eigenvalue weighted by Crippen LogP contribution is -2.46. The monoisotopic (exact) mass is 232 g/mol. The third-order valence-electron chi connectivity index (χ3n) is 2.79. The van der Waals surface area contributed by atoms with Crippen LogP contribution in [-0.2, 0) is 4.74 Å². The fourth-order valence-electron chi connectivity index (χ4n) is 1.87. The van der Waals surface area contributed by atoms with Crippen molar-refractivity contribution in [1.29, 1.82) is 0 Å². The predicted molar refractivity (Wildman–Crippen MR) is 67.4 cm³/mol. The first-order chi connectivity index (χ1) is 7.30. The normalized spacial score (nSPS) is 18.2. The summed E-state index contributed by atoms with van der Waals surface area (Å²) in [6.45, 7) is 8.55. The number of methoxy groups -OCH3 is 1. The number of nitrogens with one attached hydrogen (secondary N) is 1. The van der Waals surface area contributed by atoms with Crippen LogP contribution in [0.5, 0.6) is 0 Å². The second-order valence-electron chi connectivity index (χ2n) is 5.25. The molecule has 0 radical (unpaired) electrons. The van der Waals surface area contributed by atoms with Crippen LogP contribution in [0.25, 0.3) is 0 Å². The highest BCUT2D eigenvalue weighted by atomic mass is 16.5. The van der Waals surface area contributed by atoms with Crippen molar-refractivity contribution in [2.45, 2.75) is 64.3 Å². The summed E-state index contributed by atoms with van der Waals surface area (Å²) >= 11 is 0. The van der Waals surface area contributed by atoms with Crippen molar-refractivity contribution in [3.63, 3.8) is 0 Å². The highest BCUT2D eigenvalue weighted by Gasteiger charge is 2.23. The molecule has 0 fully saturated rings. The zero-order valence-corrected chi connectivity index (χ0v) is 11.3. The van der Waals surface area contributed by atoms with Crippen LogP contribution in [0.4, 0.5) is 0 Å². The van der Waals surface area contributed by atoms with E-state index in [4.69, 9.17) is 10.5 Å². The Balaban J connectivity index is 4.09. The molecular weight excluding hydrogens is 204 g/mol. The van der Waals surface area contributed by atoms with E-state index < -0.39 is 0 Å². The van der Waals surface area contributed by atoms with Crippen LogP contribution in [0.2, 0.25) is 0 Å². The maximum Gasteiger partial charge on any atom is 0.0638 e. The molecular formula is C12H28N2O2. The van der Waals surface area contributed by atoms with Crippen LogP contribution < -0.4 is 11.1 Å². The molecule has 4 heteroatoms. The Labute approximate surface area is 99.6 Å². The maximum absolute atomic E-state index is 9.29. The molecule has 0 aliphatic heterocycles. The molecule has 98 valence electrons. The Hall–Kier alpha value is -0.160. The van der Waals surface area contributed by atoms with E-state index in [2.05, 4.69) is 26.1 Å². The van der Waals surface area contributed by atoms with E-state index in [-0.39, 0.29) is 23.8 Å². The minimum absolute atomic E-state index is 0.165. The SMILES string of the molecule is COC(C)(C)CC(CN)NC(C)CC(C)O. The molecule has 16 heavy (non-hydrogen) atoms. The quantitative estimate of drug-likeness (QED) is 0.581. The van der Waals surface area contributed by atoms with Gasteiger partial charge in [-0.3, -0.25) is 0 Å². The van der Waals surface area contributed by atoms with Crippen LogP contribution >= 0.6 is 0 Å². The minimum atomic E-state index is -0.281. The molecule has 0 bridgehead atoms. The molecule has 4 N–H and O–H groups in total. The zero-order valence-electron chi connectivity index (χ0n) is 11.3. The third-order valence-corrected chi connectivity index (χ3v) is 2.79. The van der Waals surface area contributed by atoms with Gasteiger partial charge in [-0.05, 0) is 40.5 Å². The molecule has 0 heterocycles. The van der Waals surface area contributed by atoms with Crippen LogP contribution in [0.1, 0.15) is 40.5 Å². The molecule has 3 unspecified atom stereocenters. The fraction of sp³-hybridized carbons (Fsp3) is 1.00. The second kappa shape index (κ2) is 7.22. The molecule has 3 atom stereocenters. The van der Waals surface area contributed by atoms with Gasteiger partial charge in [-0.1, -0.05) is 0 Å². The van der Waals surface area contributed by atoms with Gasteiger partial charge in [0.05, 0.1) is 11.7 Å². The first-order valence-corrected chi connectivity index (χ1v) is 6.00. The topological polar surface area (TPSA) is 67.5 Å². The van der Waals surface area contributed by atoms with Crippen molar-refractivity contribution < 1.29 is 9.84 Å². The van der Waals surface area contributed by atoms with Gasteiger partial charge in [0.15, 0.2) is 0 Å². The molecule has 4 nitrogen and oxygen atoms in total. The first-order valence-electron chi connectivity index (χ1n) is 6.00. The predicted octanol–water partition coefficient (Wildman–Crippen LogP) is 0.878. The summed E-state index contributed by atoms with van der Waals surface area (Å²) in [7, 11) is 1.72. The van der Waals surface area contributed by atoms with E-state index in [9.17, 15) is 5.11 Å².